The van der Waals surface area contributed by atoms with Crippen LogP contribution >= 0.6 is 0 Å². The molecule has 1 heterocycles. The minimum absolute atomic E-state index is 0.0766. The van der Waals surface area contributed by atoms with E-state index < -0.39 is 0 Å². The third-order valence-electron chi connectivity index (χ3n) is 1.97. The molecule has 1 rings (SSSR count). The monoisotopic (exact) mass is 177 g/mol. The predicted molar refractivity (Wildman–Crippen MR) is 54.4 cm³/mol. The first-order valence-electron chi connectivity index (χ1n) is 4.55. The van der Waals surface area contributed by atoms with Gasteiger partial charge in [-0.15, -0.1) is 6.42 Å². The lowest BCUT2D eigenvalue weighted by Crippen LogP contribution is -2.18. The number of hydrogen-bond acceptors (Lipinski definition) is 2. The summed E-state index contributed by atoms with van der Waals surface area (Å²) in [6.07, 6.45) is 9.96. The smallest absolute Gasteiger partial charge is 0.203 e. The average molecular weight is 177 g/mol. The fourth-order valence-corrected chi connectivity index (χ4v) is 1.12. The van der Waals surface area contributed by atoms with E-state index in [9.17, 15) is 0 Å². The number of hydrogen-bond donors (Lipinski definition) is 1. The van der Waals surface area contributed by atoms with Crippen molar-refractivity contribution in [2.75, 3.05) is 5.32 Å². The van der Waals surface area contributed by atoms with Gasteiger partial charge in [-0.2, -0.15) is 0 Å². The lowest BCUT2D eigenvalue weighted by molar-refractivity contribution is 0.744. The van der Waals surface area contributed by atoms with Crippen molar-refractivity contribution >= 4 is 5.95 Å². The molecule has 0 saturated carbocycles. The van der Waals surface area contributed by atoms with E-state index in [0.717, 1.165) is 18.9 Å². The Morgan fingerprint density at radius 3 is 3.00 bits per heavy atom. The van der Waals surface area contributed by atoms with E-state index in [4.69, 9.17) is 6.42 Å². The first kappa shape index (κ1) is 9.66. The van der Waals surface area contributed by atoms with Gasteiger partial charge in [-0.1, -0.05) is 12.8 Å². The van der Waals surface area contributed by atoms with Crippen molar-refractivity contribution in [2.24, 2.45) is 0 Å². The molecular formula is C10H15N3. The summed E-state index contributed by atoms with van der Waals surface area (Å²) >= 11 is 0. The van der Waals surface area contributed by atoms with Crippen molar-refractivity contribution in [2.45, 2.75) is 32.9 Å². The fourth-order valence-electron chi connectivity index (χ4n) is 1.12. The third kappa shape index (κ3) is 2.25. The molecule has 1 aromatic heterocycles. The zero-order chi connectivity index (χ0) is 9.68. The SMILES string of the molecule is C#CC(CC)Nc1nccn1CC. The summed E-state index contributed by atoms with van der Waals surface area (Å²) in [5.41, 5.74) is 0. The maximum absolute atomic E-state index is 5.34. The second-order valence-corrected chi connectivity index (χ2v) is 2.81. The Kier molecular flexibility index (Phi) is 3.39. The zero-order valence-corrected chi connectivity index (χ0v) is 8.12. The minimum Gasteiger partial charge on any atom is -0.342 e. The summed E-state index contributed by atoms with van der Waals surface area (Å²) in [5.74, 6) is 3.53. The van der Waals surface area contributed by atoms with Gasteiger partial charge >= 0.3 is 0 Å². The maximum atomic E-state index is 5.34. The summed E-state index contributed by atoms with van der Waals surface area (Å²) in [6, 6.07) is 0.0766. The van der Waals surface area contributed by atoms with Crippen molar-refractivity contribution < 1.29 is 0 Å². The van der Waals surface area contributed by atoms with Gasteiger partial charge in [0.1, 0.15) is 0 Å². The summed E-state index contributed by atoms with van der Waals surface area (Å²) in [7, 11) is 0. The first-order chi connectivity index (χ1) is 6.31. The molecule has 0 spiro atoms. The molecule has 0 fully saturated rings. The standard InChI is InChI=1S/C10H15N3/c1-4-9(5-2)12-10-11-7-8-13(10)6-3/h1,7-9H,5-6H2,2-3H3,(H,11,12). The molecule has 0 saturated heterocycles. The summed E-state index contributed by atoms with van der Waals surface area (Å²) in [5, 5.41) is 3.19. The highest BCUT2D eigenvalue weighted by Gasteiger charge is 2.05. The van der Waals surface area contributed by atoms with E-state index in [1.54, 1.807) is 6.20 Å². The van der Waals surface area contributed by atoms with Gasteiger partial charge in [0.2, 0.25) is 5.95 Å². The quantitative estimate of drug-likeness (QED) is 0.710. The molecule has 1 aromatic rings. The van der Waals surface area contributed by atoms with E-state index in [1.165, 1.54) is 0 Å². The van der Waals surface area contributed by atoms with Crippen molar-refractivity contribution in [3.63, 3.8) is 0 Å². The highest BCUT2D eigenvalue weighted by Crippen LogP contribution is 2.06. The number of anilines is 1. The van der Waals surface area contributed by atoms with Crippen LogP contribution in [0.25, 0.3) is 0 Å². The van der Waals surface area contributed by atoms with Gasteiger partial charge in [0.15, 0.2) is 0 Å². The second-order valence-electron chi connectivity index (χ2n) is 2.81. The number of terminal acetylenes is 1. The van der Waals surface area contributed by atoms with E-state index >= 15 is 0 Å². The van der Waals surface area contributed by atoms with Crippen molar-refractivity contribution in [3.8, 4) is 12.3 Å². The lowest BCUT2D eigenvalue weighted by Gasteiger charge is -2.12. The van der Waals surface area contributed by atoms with Crippen LogP contribution in [-0.4, -0.2) is 15.6 Å². The molecule has 0 aromatic carbocycles. The Hall–Kier alpha value is -1.43. The molecule has 1 N–H and O–H groups in total. The zero-order valence-electron chi connectivity index (χ0n) is 8.12. The largest absolute Gasteiger partial charge is 0.342 e. The number of rotatable bonds is 4. The van der Waals surface area contributed by atoms with Gasteiger partial charge in [0, 0.05) is 18.9 Å². The maximum Gasteiger partial charge on any atom is 0.203 e. The van der Waals surface area contributed by atoms with Crippen LogP contribution in [0.5, 0.6) is 0 Å². The molecular weight excluding hydrogens is 162 g/mol. The predicted octanol–water partition coefficient (Wildman–Crippen LogP) is 1.73. The van der Waals surface area contributed by atoms with Gasteiger partial charge in [-0.3, -0.25) is 0 Å². The van der Waals surface area contributed by atoms with Gasteiger partial charge in [0.05, 0.1) is 6.04 Å². The number of imidazole rings is 1. The van der Waals surface area contributed by atoms with E-state index in [-0.39, 0.29) is 6.04 Å². The topological polar surface area (TPSA) is 29.9 Å². The third-order valence-corrected chi connectivity index (χ3v) is 1.97. The summed E-state index contributed by atoms with van der Waals surface area (Å²) in [6.45, 7) is 5.03. The number of aromatic nitrogens is 2. The molecule has 0 bridgehead atoms. The molecule has 0 aliphatic heterocycles. The second kappa shape index (κ2) is 4.56. The van der Waals surface area contributed by atoms with Gasteiger partial charge in [-0.05, 0) is 13.3 Å². The Labute approximate surface area is 79.2 Å². The molecule has 0 amide bonds. The average Bonchev–Trinajstić information content (AvgIpc) is 2.61. The van der Waals surface area contributed by atoms with Gasteiger partial charge in [0.25, 0.3) is 0 Å². The molecule has 0 aliphatic rings. The van der Waals surface area contributed by atoms with Crippen LogP contribution in [0, 0.1) is 12.3 Å². The van der Waals surface area contributed by atoms with Crippen LogP contribution in [0.3, 0.4) is 0 Å². The van der Waals surface area contributed by atoms with Crippen molar-refractivity contribution in [3.05, 3.63) is 12.4 Å². The molecule has 0 radical (unpaired) electrons. The molecule has 13 heavy (non-hydrogen) atoms. The number of nitrogens with zero attached hydrogens (tertiary/aromatic N) is 2. The summed E-state index contributed by atoms with van der Waals surface area (Å²) < 4.78 is 2.03. The molecule has 70 valence electrons. The van der Waals surface area contributed by atoms with E-state index in [0.29, 0.717) is 0 Å². The van der Waals surface area contributed by atoms with Crippen LogP contribution in [0.15, 0.2) is 12.4 Å². The normalized spacial score (nSPS) is 12.1. The molecule has 1 unspecified atom stereocenters. The molecule has 0 aliphatic carbocycles. The van der Waals surface area contributed by atoms with Crippen molar-refractivity contribution in [1.29, 1.82) is 0 Å². The van der Waals surface area contributed by atoms with E-state index in [2.05, 4.69) is 30.1 Å². The Balaban J connectivity index is 2.68. The molecule has 3 nitrogen and oxygen atoms in total. The lowest BCUT2D eigenvalue weighted by atomic mass is 10.2. The highest BCUT2D eigenvalue weighted by atomic mass is 15.2. The highest BCUT2D eigenvalue weighted by molar-refractivity contribution is 5.31. The first-order valence-corrected chi connectivity index (χ1v) is 4.55. The van der Waals surface area contributed by atoms with E-state index in [1.807, 2.05) is 10.8 Å². The van der Waals surface area contributed by atoms with Gasteiger partial charge in [-0.25, -0.2) is 4.98 Å². The van der Waals surface area contributed by atoms with Crippen LogP contribution < -0.4 is 5.32 Å². The van der Waals surface area contributed by atoms with Gasteiger partial charge < -0.3 is 9.88 Å². The Morgan fingerprint density at radius 2 is 2.46 bits per heavy atom. The molecule has 1 atom stereocenters. The van der Waals surface area contributed by atoms with Crippen molar-refractivity contribution in [1.82, 2.24) is 9.55 Å². The van der Waals surface area contributed by atoms with Crippen LogP contribution in [0.4, 0.5) is 5.95 Å². The number of nitrogens with one attached hydrogen (secondary N) is 1. The number of aryl methyl sites for hydroxylation is 1. The Bertz CT molecular complexity index is 295. The fraction of sp³-hybridized carbons (Fsp3) is 0.500. The summed E-state index contributed by atoms with van der Waals surface area (Å²) in [4.78, 5) is 4.18. The van der Waals surface area contributed by atoms with Crippen LogP contribution in [0.2, 0.25) is 0 Å². The van der Waals surface area contributed by atoms with Crippen LogP contribution in [-0.2, 0) is 6.54 Å². The molecule has 3 heteroatoms. The van der Waals surface area contributed by atoms with Crippen LogP contribution in [0.1, 0.15) is 20.3 Å². The Morgan fingerprint density at radius 1 is 1.69 bits per heavy atom. The minimum atomic E-state index is 0.0766.